The van der Waals surface area contributed by atoms with Gasteiger partial charge in [-0.25, -0.2) is 9.18 Å². The number of hydrogen-bond acceptors (Lipinski definition) is 2. The maximum Gasteiger partial charge on any atom is 0.337 e. The number of benzene rings is 2. The minimum absolute atomic E-state index is 0.0252. The maximum atomic E-state index is 13.2. The molecule has 2 aromatic carbocycles. The molecule has 4 nitrogen and oxygen atoms in total. The predicted octanol–water partition coefficient (Wildman–Crippen LogP) is 4.14. The molecule has 2 rings (SSSR count). The lowest BCUT2D eigenvalue weighted by Gasteiger charge is -2.10. The van der Waals surface area contributed by atoms with Gasteiger partial charge in [0.15, 0.2) is 0 Å². The number of carbonyl (C=O) groups is 2. The van der Waals surface area contributed by atoms with Gasteiger partial charge in [-0.1, -0.05) is 0 Å². The molecule has 21 heavy (non-hydrogen) atoms. The van der Waals surface area contributed by atoms with Gasteiger partial charge in [0.1, 0.15) is 5.82 Å². The second kappa shape index (κ2) is 6.52. The molecule has 2 aromatic rings. The van der Waals surface area contributed by atoms with E-state index in [2.05, 4.69) is 21.2 Å². The third kappa shape index (κ3) is 3.79. The molecule has 0 radical (unpaired) electrons. The van der Waals surface area contributed by atoms with Gasteiger partial charge in [-0.2, -0.15) is 0 Å². The molecule has 0 aromatic heterocycles. The number of rotatable bonds is 3. The quantitative estimate of drug-likeness (QED) is 0.672. The normalized spacial score (nSPS) is 10.2. The average Bonchev–Trinajstić information content (AvgIpc) is 2.43. The van der Waals surface area contributed by atoms with Crippen molar-refractivity contribution in [1.82, 2.24) is 0 Å². The first kappa shape index (κ1) is 15.9. The molecule has 0 atom stereocenters. The molecule has 0 bridgehead atoms. The van der Waals surface area contributed by atoms with E-state index in [0.717, 1.165) is 9.64 Å². The summed E-state index contributed by atoms with van der Waals surface area (Å²) < 4.78 is 14.4. The second-order valence-electron chi connectivity index (χ2n) is 4.07. The lowest BCUT2D eigenvalue weighted by molar-refractivity contribution is 0.0698. The largest absolute Gasteiger partial charge is 0.478 e. The number of anilines is 1. The van der Waals surface area contributed by atoms with Gasteiger partial charge in [0, 0.05) is 8.04 Å². The molecule has 0 saturated heterocycles. The van der Waals surface area contributed by atoms with Gasteiger partial charge in [0.2, 0.25) is 0 Å². The minimum Gasteiger partial charge on any atom is -0.478 e. The Morgan fingerprint density at radius 3 is 2.52 bits per heavy atom. The van der Waals surface area contributed by atoms with Crippen LogP contribution in [-0.4, -0.2) is 17.0 Å². The van der Waals surface area contributed by atoms with Crippen molar-refractivity contribution in [2.45, 2.75) is 0 Å². The molecule has 0 unspecified atom stereocenters. The van der Waals surface area contributed by atoms with Crippen LogP contribution in [0.1, 0.15) is 20.7 Å². The van der Waals surface area contributed by atoms with E-state index >= 15 is 0 Å². The van der Waals surface area contributed by atoms with Crippen molar-refractivity contribution in [3.63, 3.8) is 0 Å². The van der Waals surface area contributed by atoms with Crippen molar-refractivity contribution >= 4 is 56.1 Å². The molecule has 0 aliphatic rings. The topological polar surface area (TPSA) is 66.4 Å². The lowest BCUT2D eigenvalue weighted by atomic mass is 10.1. The van der Waals surface area contributed by atoms with Gasteiger partial charge < -0.3 is 10.4 Å². The number of carboxylic acid groups (broad SMARTS) is 1. The third-order valence-corrected chi connectivity index (χ3v) is 4.00. The zero-order valence-corrected chi connectivity index (χ0v) is 14.1. The first-order valence-corrected chi connectivity index (χ1v) is 7.55. The Kier molecular flexibility index (Phi) is 4.94. The summed E-state index contributed by atoms with van der Waals surface area (Å²) in [6, 6.07) is 8.32. The molecule has 0 fully saturated rings. The van der Waals surface area contributed by atoms with Crippen LogP contribution in [0.15, 0.2) is 40.9 Å². The van der Waals surface area contributed by atoms with Crippen LogP contribution in [-0.2, 0) is 0 Å². The van der Waals surface area contributed by atoms with E-state index in [4.69, 9.17) is 5.11 Å². The van der Waals surface area contributed by atoms with Crippen LogP contribution in [0.5, 0.6) is 0 Å². The Labute approximate surface area is 141 Å². The highest BCUT2D eigenvalue weighted by Crippen LogP contribution is 2.22. The van der Waals surface area contributed by atoms with E-state index in [-0.39, 0.29) is 16.8 Å². The van der Waals surface area contributed by atoms with Crippen molar-refractivity contribution in [2.75, 3.05) is 5.32 Å². The van der Waals surface area contributed by atoms with Crippen LogP contribution in [0.2, 0.25) is 0 Å². The van der Waals surface area contributed by atoms with Crippen molar-refractivity contribution in [3.05, 3.63) is 61.4 Å². The fourth-order valence-corrected chi connectivity index (χ4v) is 2.58. The summed E-state index contributed by atoms with van der Waals surface area (Å²) in [5, 5.41) is 11.6. The third-order valence-electron chi connectivity index (χ3n) is 2.63. The van der Waals surface area contributed by atoms with Crippen molar-refractivity contribution in [3.8, 4) is 0 Å². The van der Waals surface area contributed by atoms with Crippen molar-refractivity contribution < 1.29 is 19.1 Å². The zero-order chi connectivity index (χ0) is 15.6. The van der Waals surface area contributed by atoms with Crippen molar-refractivity contribution in [2.24, 2.45) is 0 Å². The molecule has 0 aliphatic heterocycles. The molecule has 1 amide bonds. The highest BCUT2D eigenvalue weighted by molar-refractivity contribution is 14.1. The standard InChI is InChI=1S/C14H8BrFINO3/c15-11-3-1-7(16)5-9(11)13(19)18-12-4-2-8(17)6-10(12)14(20)21/h1-6H,(H,18,19)(H,20,21). The molecule has 2 N–H and O–H groups in total. The molecular formula is C14H8BrFINO3. The molecule has 0 spiro atoms. The van der Waals surface area contributed by atoms with Gasteiger partial charge in [-0.3, -0.25) is 4.79 Å². The average molecular weight is 464 g/mol. The van der Waals surface area contributed by atoms with E-state index in [1.165, 1.54) is 24.3 Å². The number of halogens is 3. The Bertz CT molecular complexity index is 736. The summed E-state index contributed by atoms with van der Waals surface area (Å²) in [5.74, 6) is -2.29. The highest BCUT2D eigenvalue weighted by Gasteiger charge is 2.16. The van der Waals surface area contributed by atoms with E-state index in [1.807, 2.05) is 22.6 Å². The summed E-state index contributed by atoms with van der Waals surface area (Å²) in [4.78, 5) is 23.3. The SMILES string of the molecule is O=C(Nc1ccc(I)cc1C(=O)O)c1cc(F)ccc1Br. The fraction of sp³-hybridized carbons (Fsp3) is 0. The number of nitrogens with one attached hydrogen (secondary N) is 1. The molecule has 0 aliphatic carbocycles. The summed E-state index contributed by atoms with van der Waals surface area (Å²) in [7, 11) is 0. The number of carbonyl (C=O) groups excluding carboxylic acids is 1. The maximum absolute atomic E-state index is 13.2. The van der Waals surface area contributed by atoms with E-state index in [9.17, 15) is 14.0 Å². The van der Waals surface area contributed by atoms with Gasteiger partial charge in [0.05, 0.1) is 16.8 Å². The van der Waals surface area contributed by atoms with Crippen LogP contribution in [0.4, 0.5) is 10.1 Å². The van der Waals surface area contributed by atoms with Gasteiger partial charge in [-0.15, -0.1) is 0 Å². The van der Waals surface area contributed by atoms with Crippen LogP contribution < -0.4 is 5.32 Å². The fourth-order valence-electron chi connectivity index (χ4n) is 1.66. The lowest BCUT2D eigenvalue weighted by Crippen LogP contribution is -2.15. The van der Waals surface area contributed by atoms with Gasteiger partial charge in [0.25, 0.3) is 5.91 Å². The Morgan fingerprint density at radius 1 is 1.14 bits per heavy atom. The zero-order valence-electron chi connectivity index (χ0n) is 10.4. The van der Waals surface area contributed by atoms with Crippen LogP contribution in [0.25, 0.3) is 0 Å². The summed E-state index contributed by atoms with van der Waals surface area (Å²) >= 11 is 5.14. The van der Waals surface area contributed by atoms with Crippen LogP contribution in [0, 0.1) is 9.39 Å². The second-order valence-corrected chi connectivity index (χ2v) is 6.17. The number of aromatic carboxylic acids is 1. The highest BCUT2D eigenvalue weighted by atomic mass is 127. The summed E-state index contributed by atoms with van der Waals surface area (Å²) in [6.07, 6.45) is 0. The van der Waals surface area contributed by atoms with Crippen molar-refractivity contribution in [1.29, 1.82) is 0 Å². The number of carboxylic acids is 1. The Balaban J connectivity index is 2.36. The molecule has 0 saturated carbocycles. The van der Waals surface area contributed by atoms with E-state index < -0.39 is 17.7 Å². The first-order chi connectivity index (χ1) is 9.88. The van der Waals surface area contributed by atoms with Crippen LogP contribution >= 0.6 is 38.5 Å². The smallest absolute Gasteiger partial charge is 0.337 e. The molecular weight excluding hydrogens is 456 g/mol. The Morgan fingerprint density at radius 2 is 1.86 bits per heavy atom. The van der Waals surface area contributed by atoms with Crippen LogP contribution in [0.3, 0.4) is 0 Å². The molecule has 7 heteroatoms. The van der Waals surface area contributed by atoms with Gasteiger partial charge in [-0.05, 0) is 74.9 Å². The summed E-state index contributed by atoms with van der Waals surface area (Å²) in [5.41, 5.74) is 0.219. The van der Waals surface area contributed by atoms with E-state index in [1.54, 1.807) is 6.07 Å². The minimum atomic E-state index is -1.15. The molecule has 0 heterocycles. The van der Waals surface area contributed by atoms with Gasteiger partial charge >= 0.3 is 5.97 Å². The summed E-state index contributed by atoms with van der Waals surface area (Å²) in [6.45, 7) is 0. The number of hydrogen-bond donors (Lipinski definition) is 2. The number of amides is 1. The first-order valence-electron chi connectivity index (χ1n) is 5.67. The Hall–Kier alpha value is -1.48. The molecule has 108 valence electrons. The predicted molar refractivity (Wildman–Crippen MR) is 88.2 cm³/mol. The van der Waals surface area contributed by atoms with E-state index in [0.29, 0.717) is 4.47 Å². The monoisotopic (exact) mass is 463 g/mol.